The third kappa shape index (κ3) is 6.47. The van der Waals surface area contributed by atoms with Gasteiger partial charge in [0.1, 0.15) is 5.75 Å². The van der Waals surface area contributed by atoms with E-state index in [1.54, 1.807) is 18.2 Å². The molecule has 0 bridgehead atoms. The fraction of sp³-hybridized carbons (Fsp3) is 0.263. The van der Waals surface area contributed by atoms with Gasteiger partial charge in [0.15, 0.2) is 13.2 Å². The highest BCUT2D eigenvalue weighted by molar-refractivity contribution is 6.30. The third-order valence-electron chi connectivity index (χ3n) is 3.44. The predicted octanol–water partition coefficient (Wildman–Crippen LogP) is 3.45. The molecule has 2 aromatic rings. The molecular formula is C19H20ClNO4. The largest absolute Gasteiger partial charge is 0.482 e. The maximum absolute atomic E-state index is 11.9. The minimum atomic E-state index is -0.605. The van der Waals surface area contributed by atoms with Crippen molar-refractivity contribution in [2.75, 3.05) is 13.2 Å². The summed E-state index contributed by atoms with van der Waals surface area (Å²) in [6, 6.07) is 14.3. The van der Waals surface area contributed by atoms with Gasteiger partial charge in [-0.2, -0.15) is 0 Å². The minimum Gasteiger partial charge on any atom is -0.482 e. The van der Waals surface area contributed by atoms with Gasteiger partial charge in [0, 0.05) is 5.02 Å². The number of hydrogen-bond acceptors (Lipinski definition) is 4. The minimum absolute atomic E-state index is 0.242. The van der Waals surface area contributed by atoms with Crippen LogP contribution in [0.3, 0.4) is 0 Å². The molecule has 5 nitrogen and oxygen atoms in total. The molecule has 0 saturated carbocycles. The normalized spacial score (nSPS) is 11.5. The molecule has 0 spiro atoms. The lowest BCUT2D eigenvalue weighted by Gasteiger charge is -2.14. The van der Waals surface area contributed by atoms with Gasteiger partial charge in [-0.15, -0.1) is 0 Å². The molecule has 0 unspecified atom stereocenters. The number of benzene rings is 2. The van der Waals surface area contributed by atoms with Crippen molar-refractivity contribution in [2.45, 2.75) is 19.9 Å². The van der Waals surface area contributed by atoms with Crippen molar-refractivity contribution in [1.82, 2.24) is 5.32 Å². The molecule has 6 heteroatoms. The first-order chi connectivity index (χ1) is 11.9. The summed E-state index contributed by atoms with van der Waals surface area (Å²) in [5, 5.41) is 3.34. The van der Waals surface area contributed by atoms with Gasteiger partial charge in [0.05, 0.1) is 6.04 Å². The van der Waals surface area contributed by atoms with Crippen molar-refractivity contribution in [1.29, 1.82) is 0 Å². The second-order valence-electron chi connectivity index (χ2n) is 5.61. The maximum atomic E-state index is 11.9. The van der Waals surface area contributed by atoms with E-state index < -0.39 is 11.9 Å². The molecule has 0 fully saturated rings. The molecule has 1 amide bonds. The number of rotatable bonds is 7. The molecule has 2 aromatic carbocycles. The van der Waals surface area contributed by atoms with Crippen molar-refractivity contribution in [3.05, 3.63) is 64.7 Å². The van der Waals surface area contributed by atoms with Gasteiger partial charge in [0.2, 0.25) is 0 Å². The summed E-state index contributed by atoms with van der Waals surface area (Å²) >= 11 is 5.93. The van der Waals surface area contributed by atoms with Crippen LogP contribution in [0, 0.1) is 6.92 Å². The highest BCUT2D eigenvalue weighted by atomic mass is 35.5. The molecule has 0 radical (unpaired) electrons. The Hall–Kier alpha value is -2.53. The number of carbonyl (C=O) groups excluding carboxylic acids is 2. The average molecular weight is 362 g/mol. The van der Waals surface area contributed by atoms with Crippen molar-refractivity contribution in [2.24, 2.45) is 0 Å². The zero-order chi connectivity index (χ0) is 18.2. The van der Waals surface area contributed by atoms with Crippen LogP contribution in [0.5, 0.6) is 5.75 Å². The molecule has 132 valence electrons. The third-order valence-corrected chi connectivity index (χ3v) is 3.67. The van der Waals surface area contributed by atoms with E-state index in [9.17, 15) is 9.59 Å². The van der Waals surface area contributed by atoms with E-state index in [-0.39, 0.29) is 19.3 Å². The lowest BCUT2D eigenvalue weighted by atomic mass is 10.1. The van der Waals surface area contributed by atoms with Gasteiger partial charge < -0.3 is 14.8 Å². The fourth-order valence-corrected chi connectivity index (χ4v) is 2.38. The first kappa shape index (κ1) is 18.8. The van der Waals surface area contributed by atoms with Crippen LogP contribution >= 0.6 is 11.6 Å². The van der Waals surface area contributed by atoms with E-state index in [2.05, 4.69) is 5.32 Å². The van der Waals surface area contributed by atoms with Crippen LogP contribution in [0.25, 0.3) is 0 Å². The fourth-order valence-electron chi connectivity index (χ4n) is 2.18. The van der Waals surface area contributed by atoms with Crippen LogP contribution in [0.2, 0.25) is 5.02 Å². The summed E-state index contributed by atoms with van der Waals surface area (Å²) in [5.41, 5.74) is 1.90. The highest BCUT2D eigenvalue weighted by Crippen LogP contribution is 2.17. The van der Waals surface area contributed by atoms with E-state index in [1.165, 1.54) is 0 Å². The van der Waals surface area contributed by atoms with E-state index in [4.69, 9.17) is 21.1 Å². The Morgan fingerprint density at radius 3 is 2.60 bits per heavy atom. The monoisotopic (exact) mass is 361 g/mol. The SMILES string of the molecule is Cc1cccc(OCC(=O)OCC(=O)N[C@H](C)c2cccc(Cl)c2)c1. The molecular weight excluding hydrogens is 342 g/mol. The number of hydrogen-bond donors (Lipinski definition) is 1. The van der Waals surface area contributed by atoms with Crippen LogP contribution in [0.15, 0.2) is 48.5 Å². The first-order valence-electron chi connectivity index (χ1n) is 7.84. The summed E-state index contributed by atoms with van der Waals surface area (Å²) in [6.07, 6.45) is 0. The van der Waals surface area contributed by atoms with Crippen LogP contribution in [-0.2, 0) is 14.3 Å². The van der Waals surface area contributed by atoms with E-state index in [0.29, 0.717) is 10.8 Å². The average Bonchev–Trinajstić information content (AvgIpc) is 2.58. The zero-order valence-electron chi connectivity index (χ0n) is 14.1. The number of carbonyl (C=O) groups is 2. The molecule has 0 aliphatic carbocycles. The Bertz CT molecular complexity index is 748. The number of aryl methyl sites for hydroxylation is 1. The summed E-state index contributed by atoms with van der Waals surface area (Å²) in [6.45, 7) is 3.14. The summed E-state index contributed by atoms with van der Waals surface area (Å²) in [5.74, 6) is -0.417. The van der Waals surface area contributed by atoms with Gasteiger partial charge >= 0.3 is 5.97 Å². The molecule has 1 atom stereocenters. The van der Waals surface area contributed by atoms with Gasteiger partial charge in [0.25, 0.3) is 5.91 Å². The maximum Gasteiger partial charge on any atom is 0.344 e. The van der Waals surface area contributed by atoms with Gasteiger partial charge in [-0.3, -0.25) is 4.79 Å². The Morgan fingerprint density at radius 1 is 1.12 bits per heavy atom. The number of nitrogens with one attached hydrogen (secondary N) is 1. The predicted molar refractivity (Wildman–Crippen MR) is 95.6 cm³/mol. The molecule has 0 aliphatic rings. The molecule has 0 heterocycles. The topological polar surface area (TPSA) is 64.6 Å². The second kappa shape index (κ2) is 9.08. The van der Waals surface area contributed by atoms with Crippen molar-refractivity contribution in [3.63, 3.8) is 0 Å². The second-order valence-corrected chi connectivity index (χ2v) is 6.05. The lowest BCUT2D eigenvalue weighted by molar-refractivity contribution is -0.150. The quantitative estimate of drug-likeness (QED) is 0.767. The number of halogens is 1. The molecule has 0 aromatic heterocycles. The lowest BCUT2D eigenvalue weighted by Crippen LogP contribution is -2.31. The number of amides is 1. The van der Waals surface area contributed by atoms with Crippen LogP contribution in [-0.4, -0.2) is 25.1 Å². The standard InChI is InChI=1S/C19H20ClNO4/c1-13-5-3-8-17(9-13)24-12-19(23)25-11-18(22)21-14(2)15-6-4-7-16(20)10-15/h3-10,14H,11-12H2,1-2H3,(H,21,22)/t14-/m1/s1. The molecule has 0 aliphatic heterocycles. The Kier molecular flexibility index (Phi) is 6.83. The highest BCUT2D eigenvalue weighted by Gasteiger charge is 2.12. The molecule has 0 saturated heterocycles. The van der Waals surface area contributed by atoms with Gasteiger partial charge in [-0.1, -0.05) is 35.9 Å². The van der Waals surface area contributed by atoms with E-state index in [0.717, 1.165) is 11.1 Å². The van der Waals surface area contributed by atoms with Gasteiger partial charge in [-0.05, 0) is 49.2 Å². The summed E-state index contributed by atoms with van der Waals surface area (Å²) in [4.78, 5) is 23.5. The number of esters is 1. The first-order valence-corrected chi connectivity index (χ1v) is 8.22. The van der Waals surface area contributed by atoms with E-state index in [1.807, 2.05) is 44.2 Å². The Labute approximate surface area is 151 Å². The number of ether oxygens (including phenoxy) is 2. The molecule has 2 rings (SSSR count). The van der Waals surface area contributed by atoms with Crippen LogP contribution in [0.4, 0.5) is 0 Å². The van der Waals surface area contributed by atoms with Crippen LogP contribution < -0.4 is 10.1 Å². The Morgan fingerprint density at radius 2 is 1.88 bits per heavy atom. The smallest absolute Gasteiger partial charge is 0.344 e. The van der Waals surface area contributed by atoms with Crippen molar-refractivity contribution in [3.8, 4) is 5.75 Å². The van der Waals surface area contributed by atoms with Crippen LogP contribution in [0.1, 0.15) is 24.1 Å². The summed E-state index contributed by atoms with van der Waals surface area (Å²) in [7, 11) is 0. The van der Waals surface area contributed by atoms with E-state index >= 15 is 0 Å². The van der Waals surface area contributed by atoms with Gasteiger partial charge in [-0.25, -0.2) is 4.79 Å². The zero-order valence-corrected chi connectivity index (χ0v) is 14.9. The summed E-state index contributed by atoms with van der Waals surface area (Å²) < 4.78 is 10.2. The van der Waals surface area contributed by atoms with Crippen molar-refractivity contribution < 1.29 is 19.1 Å². The Balaban J connectivity index is 1.73. The van der Waals surface area contributed by atoms with Crippen molar-refractivity contribution >= 4 is 23.5 Å². The molecule has 25 heavy (non-hydrogen) atoms. The molecule has 1 N–H and O–H groups in total.